The van der Waals surface area contributed by atoms with Crippen molar-refractivity contribution in [3.63, 3.8) is 0 Å². The molecule has 5 heteroatoms. The summed E-state index contributed by atoms with van der Waals surface area (Å²) in [7, 11) is 0. The fourth-order valence-electron chi connectivity index (χ4n) is 1.91. The zero-order valence-electron chi connectivity index (χ0n) is 12.9. The lowest BCUT2D eigenvalue weighted by Gasteiger charge is -2.18. The van der Waals surface area contributed by atoms with E-state index in [1.54, 1.807) is 6.92 Å². The predicted octanol–water partition coefficient (Wildman–Crippen LogP) is 2.40. The first-order chi connectivity index (χ1) is 9.93. The number of aliphatic carboxylic acids is 1. The van der Waals surface area contributed by atoms with Gasteiger partial charge in [-0.1, -0.05) is 6.07 Å². The topological polar surface area (TPSA) is 66.8 Å². The molecule has 1 rings (SSSR count). The number of rotatable bonds is 8. The van der Waals surface area contributed by atoms with Crippen molar-refractivity contribution in [1.82, 2.24) is 4.90 Å². The molecule has 0 atom stereocenters. The second-order valence-electron chi connectivity index (χ2n) is 5.00. The lowest BCUT2D eigenvalue weighted by atomic mass is 10.1. The second-order valence-corrected chi connectivity index (χ2v) is 5.00. The van der Waals surface area contributed by atoms with E-state index in [-0.39, 0.29) is 12.5 Å². The molecule has 0 heterocycles. The van der Waals surface area contributed by atoms with Crippen LogP contribution in [0.5, 0.6) is 5.75 Å². The van der Waals surface area contributed by atoms with Crippen molar-refractivity contribution in [3.05, 3.63) is 29.3 Å². The van der Waals surface area contributed by atoms with Gasteiger partial charge in [0.15, 0.2) is 0 Å². The molecule has 0 saturated carbocycles. The normalized spacial score (nSPS) is 10.2. The molecule has 0 aliphatic rings. The number of amides is 1. The van der Waals surface area contributed by atoms with Gasteiger partial charge in [-0.25, -0.2) is 0 Å². The number of nitrogens with zero attached hydrogens (tertiary/aromatic N) is 1. The average Bonchev–Trinajstić information content (AvgIpc) is 2.44. The molecular weight excluding hydrogens is 270 g/mol. The van der Waals surface area contributed by atoms with Crippen LogP contribution in [0.3, 0.4) is 0 Å². The van der Waals surface area contributed by atoms with E-state index in [0.29, 0.717) is 26.0 Å². The number of aryl methyl sites for hydroxylation is 2. The molecule has 0 aromatic heterocycles. The summed E-state index contributed by atoms with van der Waals surface area (Å²) >= 11 is 0. The third kappa shape index (κ3) is 5.85. The zero-order valence-corrected chi connectivity index (χ0v) is 12.9. The highest BCUT2D eigenvalue weighted by molar-refractivity contribution is 5.81. The summed E-state index contributed by atoms with van der Waals surface area (Å²) in [6, 6.07) is 5.88. The van der Waals surface area contributed by atoms with Crippen molar-refractivity contribution >= 4 is 11.9 Å². The third-order valence-corrected chi connectivity index (χ3v) is 3.34. The van der Waals surface area contributed by atoms with Crippen molar-refractivity contribution in [2.75, 3.05) is 19.7 Å². The van der Waals surface area contributed by atoms with Crippen molar-refractivity contribution in [2.45, 2.75) is 33.6 Å². The molecule has 1 N–H and O–H groups in total. The maximum absolute atomic E-state index is 11.8. The summed E-state index contributed by atoms with van der Waals surface area (Å²) in [5, 5.41) is 8.71. The predicted molar refractivity (Wildman–Crippen MR) is 80.5 cm³/mol. The first-order valence-electron chi connectivity index (χ1n) is 7.13. The molecule has 0 bridgehead atoms. The quantitative estimate of drug-likeness (QED) is 0.747. The van der Waals surface area contributed by atoms with Crippen LogP contribution in [0.1, 0.15) is 30.9 Å². The van der Waals surface area contributed by atoms with Crippen molar-refractivity contribution in [2.24, 2.45) is 0 Å². The van der Waals surface area contributed by atoms with E-state index in [1.807, 2.05) is 32.0 Å². The van der Waals surface area contributed by atoms with Crippen LogP contribution in [0.25, 0.3) is 0 Å². The van der Waals surface area contributed by atoms with E-state index < -0.39 is 5.97 Å². The van der Waals surface area contributed by atoms with Crippen LogP contribution in [0.2, 0.25) is 0 Å². The van der Waals surface area contributed by atoms with Crippen molar-refractivity contribution in [3.8, 4) is 5.75 Å². The minimum Gasteiger partial charge on any atom is -0.494 e. The number of carboxylic acid groups (broad SMARTS) is 1. The van der Waals surface area contributed by atoms with Crippen LogP contribution < -0.4 is 4.74 Å². The van der Waals surface area contributed by atoms with Gasteiger partial charge in [-0.2, -0.15) is 0 Å². The zero-order chi connectivity index (χ0) is 15.8. The maximum Gasteiger partial charge on any atom is 0.323 e. The molecular formula is C16H23NO4. The van der Waals surface area contributed by atoms with E-state index in [0.717, 1.165) is 5.75 Å². The Balaban J connectivity index is 2.34. The monoisotopic (exact) mass is 293 g/mol. The van der Waals surface area contributed by atoms with Gasteiger partial charge in [-0.05, 0) is 50.5 Å². The first kappa shape index (κ1) is 17.0. The molecule has 0 unspecified atom stereocenters. The van der Waals surface area contributed by atoms with Crippen LogP contribution in [0.4, 0.5) is 0 Å². The minimum absolute atomic E-state index is 0.149. The molecule has 0 fully saturated rings. The largest absolute Gasteiger partial charge is 0.494 e. The van der Waals surface area contributed by atoms with Crippen LogP contribution >= 0.6 is 0 Å². The van der Waals surface area contributed by atoms with Gasteiger partial charge in [0.2, 0.25) is 5.91 Å². The molecule has 0 spiro atoms. The van der Waals surface area contributed by atoms with Gasteiger partial charge in [0.05, 0.1) is 6.61 Å². The summed E-state index contributed by atoms with van der Waals surface area (Å²) in [4.78, 5) is 23.8. The van der Waals surface area contributed by atoms with Crippen LogP contribution in [0.15, 0.2) is 18.2 Å². The highest BCUT2D eigenvalue weighted by Gasteiger charge is 2.14. The molecule has 0 saturated heterocycles. The van der Waals surface area contributed by atoms with Gasteiger partial charge in [0.1, 0.15) is 12.3 Å². The number of hydrogen-bond donors (Lipinski definition) is 1. The molecule has 1 aromatic carbocycles. The van der Waals surface area contributed by atoms with Gasteiger partial charge < -0.3 is 14.7 Å². The van der Waals surface area contributed by atoms with Gasteiger partial charge >= 0.3 is 5.97 Å². The molecule has 0 aliphatic carbocycles. The fraction of sp³-hybridized carbons (Fsp3) is 0.500. The van der Waals surface area contributed by atoms with Crippen molar-refractivity contribution < 1.29 is 19.4 Å². The van der Waals surface area contributed by atoms with E-state index >= 15 is 0 Å². The summed E-state index contributed by atoms with van der Waals surface area (Å²) in [5.41, 5.74) is 2.38. The SMILES string of the molecule is CCN(CC(=O)O)C(=O)CCCOc1ccc(C)c(C)c1. The molecule has 1 amide bonds. The first-order valence-corrected chi connectivity index (χ1v) is 7.13. The Morgan fingerprint density at radius 2 is 1.95 bits per heavy atom. The Morgan fingerprint density at radius 1 is 1.24 bits per heavy atom. The van der Waals surface area contributed by atoms with Gasteiger partial charge in [0.25, 0.3) is 0 Å². The van der Waals surface area contributed by atoms with E-state index in [9.17, 15) is 9.59 Å². The number of benzene rings is 1. The summed E-state index contributed by atoms with van der Waals surface area (Å²) in [6.07, 6.45) is 0.869. The molecule has 0 radical (unpaired) electrons. The molecule has 21 heavy (non-hydrogen) atoms. The Kier molecular flexibility index (Phi) is 6.72. The minimum atomic E-state index is -0.989. The Morgan fingerprint density at radius 3 is 2.52 bits per heavy atom. The number of carbonyl (C=O) groups is 2. The van der Waals surface area contributed by atoms with Gasteiger partial charge in [-0.3, -0.25) is 9.59 Å². The third-order valence-electron chi connectivity index (χ3n) is 3.34. The molecule has 5 nitrogen and oxygen atoms in total. The van der Waals surface area contributed by atoms with Crippen LogP contribution in [-0.4, -0.2) is 41.6 Å². The lowest BCUT2D eigenvalue weighted by molar-refractivity contribution is -0.144. The summed E-state index contributed by atoms with van der Waals surface area (Å²) < 4.78 is 5.60. The van der Waals surface area contributed by atoms with Crippen LogP contribution in [-0.2, 0) is 9.59 Å². The number of carboxylic acids is 1. The highest BCUT2D eigenvalue weighted by atomic mass is 16.5. The lowest BCUT2D eigenvalue weighted by Crippen LogP contribution is -2.35. The Hall–Kier alpha value is -2.04. The summed E-state index contributed by atoms with van der Waals surface area (Å²) in [6.45, 7) is 6.44. The Bertz CT molecular complexity index is 499. The Labute approximate surface area is 125 Å². The number of likely N-dealkylation sites (N-methyl/N-ethyl adjacent to an activating group) is 1. The number of carbonyl (C=O) groups excluding carboxylic acids is 1. The van der Waals surface area contributed by atoms with E-state index in [4.69, 9.17) is 9.84 Å². The number of hydrogen-bond acceptors (Lipinski definition) is 3. The van der Waals surface area contributed by atoms with Crippen LogP contribution in [0, 0.1) is 13.8 Å². The molecule has 1 aromatic rings. The van der Waals surface area contributed by atoms with E-state index in [2.05, 4.69) is 0 Å². The molecule has 116 valence electrons. The average molecular weight is 293 g/mol. The smallest absolute Gasteiger partial charge is 0.323 e. The second kappa shape index (κ2) is 8.29. The van der Waals surface area contributed by atoms with Crippen molar-refractivity contribution in [1.29, 1.82) is 0 Å². The molecule has 0 aliphatic heterocycles. The highest BCUT2D eigenvalue weighted by Crippen LogP contribution is 2.16. The van der Waals surface area contributed by atoms with Gasteiger partial charge in [-0.15, -0.1) is 0 Å². The maximum atomic E-state index is 11.8. The fourth-order valence-corrected chi connectivity index (χ4v) is 1.91. The standard InChI is InChI=1S/C16H23NO4/c1-4-17(11-16(19)20)15(18)6-5-9-21-14-8-7-12(2)13(3)10-14/h7-8,10H,4-6,9,11H2,1-3H3,(H,19,20). The summed E-state index contributed by atoms with van der Waals surface area (Å²) in [5.74, 6) is -0.344. The number of ether oxygens (including phenoxy) is 1. The van der Waals surface area contributed by atoms with E-state index in [1.165, 1.54) is 16.0 Å². The van der Waals surface area contributed by atoms with Gasteiger partial charge in [0, 0.05) is 13.0 Å².